The SMILES string of the molecule is CCNc1ncc(F)cc1C(=O)Nc1nnc(C)o1. The smallest absolute Gasteiger partial charge is 0.322 e. The Bertz CT molecular complexity index is 599. The Morgan fingerprint density at radius 3 is 2.89 bits per heavy atom. The Kier molecular flexibility index (Phi) is 3.69. The molecular formula is C11H12FN5O2. The Morgan fingerprint density at radius 2 is 2.26 bits per heavy atom. The van der Waals surface area contributed by atoms with E-state index in [2.05, 4.69) is 25.8 Å². The highest BCUT2D eigenvalue weighted by atomic mass is 19.1. The van der Waals surface area contributed by atoms with Crippen molar-refractivity contribution in [3.05, 3.63) is 29.5 Å². The molecule has 19 heavy (non-hydrogen) atoms. The van der Waals surface area contributed by atoms with Crippen LogP contribution in [0.2, 0.25) is 0 Å². The fourth-order valence-electron chi connectivity index (χ4n) is 1.43. The molecule has 0 bridgehead atoms. The summed E-state index contributed by atoms with van der Waals surface area (Å²) < 4.78 is 18.2. The maximum atomic E-state index is 13.2. The maximum absolute atomic E-state index is 13.2. The van der Waals surface area contributed by atoms with Crippen LogP contribution < -0.4 is 10.6 Å². The number of nitrogens with one attached hydrogen (secondary N) is 2. The fourth-order valence-corrected chi connectivity index (χ4v) is 1.43. The van der Waals surface area contributed by atoms with Crippen LogP contribution in [-0.2, 0) is 0 Å². The van der Waals surface area contributed by atoms with Crippen molar-refractivity contribution in [3.63, 3.8) is 0 Å². The first-order valence-electron chi connectivity index (χ1n) is 5.61. The summed E-state index contributed by atoms with van der Waals surface area (Å²) in [6.07, 6.45) is 1.03. The third-order valence-corrected chi connectivity index (χ3v) is 2.19. The number of amides is 1. The van der Waals surface area contributed by atoms with E-state index >= 15 is 0 Å². The summed E-state index contributed by atoms with van der Waals surface area (Å²) in [7, 11) is 0. The molecule has 2 aromatic rings. The highest BCUT2D eigenvalue weighted by Gasteiger charge is 2.16. The van der Waals surface area contributed by atoms with E-state index in [4.69, 9.17) is 4.42 Å². The van der Waals surface area contributed by atoms with Crippen LogP contribution in [-0.4, -0.2) is 27.6 Å². The molecular weight excluding hydrogens is 253 g/mol. The average Bonchev–Trinajstić information content (AvgIpc) is 2.77. The molecule has 1 amide bonds. The minimum absolute atomic E-state index is 0.0470. The molecule has 2 aromatic heterocycles. The third kappa shape index (κ3) is 3.03. The van der Waals surface area contributed by atoms with Gasteiger partial charge in [0, 0.05) is 13.5 Å². The van der Waals surface area contributed by atoms with Gasteiger partial charge in [-0.1, -0.05) is 5.10 Å². The zero-order valence-electron chi connectivity index (χ0n) is 10.4. The van der Waals surface area contributed by atoms with Crippen molar-refractivity contribution in [1.29, 1.82) is 0 Å². The monoisotopic (exact) mass is 265 g/mol. The number of halogens is 1. The lowest BCUT2D eigenvalue weighted by Crippen LogP contribution is -2.16. The molecule has 0 fully saturated rings. The van der Waals surface area contributed by atoms with Crippen molar-refractivity contribution in [3.8, 4) is 0 Å². The molecule has 0 saturated carbocycles. The molecule has 0 atom stereocenters. The highest BCUT2D eigenvalue weighted by Crippen LogP contribution is 2.15. The summed E-state index contributed by atoms with van der Waals surface area (Å²) in [4.78, 5) is 15.8. The quantitative estimate of drug-likeness (QED) is 0.872. The largest absolute Gasteiger partial charge is 0.408 e. The number of nitrogens with zero attached hydrogens (tertiary/aromatic N) is 3. The van der Waals surface area contributed by atoms with Gasteiger partial charge in [0.1, 0.15) is 11.6 Å². The van der Waals surface area contributed by atoms with Crippen molar-refractivity contribution in [2.45, 2.75) is 13.8 Å². The van der Waals surface area contributed by atoms with Gasteiger partial charge in [0.25, 0.3) is 5.91 Å². The normalized spacial score (nSPS) is 10.3. The maximum Gasteiger partial charge on any atom is 0.322 e. The molecule has 2 heterocycles. The van der Waals surface area contributed by atoms with Crippen LogP contribution in [0.25, 0.3) is 0 Å². The first kappa shape index (κ1) is 12.9. The van der Waals surface area contributed by atoms with Crippen molar-refractivity contribution >= 4 is 17.7 Å². The number of carbonyl (C=O) groups excluding carboxylic acids is 1. The molecule has 0 spiro atoms. The van der Waals surface area contributed by atoms with Gasteiger partial charge in [-0.25, -0.2) is 9.37 Å². The Labute approximate surface area is 108 Å². The number of aromatic nitrogens is 3. The highest BCUT2D eigenvalue weighted by molar-refractivity contribution is 6.06. The predicted octanol–water partition coefficient (Wildman–Crippen LogP) is 1.60. The molecule has 100 valence electrons. The van der Waals surface area contributed by atoms with Crippen molar-refractivity contribution in [1.82, 2.24) is 15.2 Å². The van der Waals surface area contributed by atoms with Crippen LogP contribution in [0, 0.1) is 12.7 Å². The van der Waals surface area contributed by atoms with E-state index in [1.165, 1.54) is 0 Å². The number of aryl methyl sites for hydroxylation is 1. The van der Waals surface area contributed by atoms with Gasteiger partial charge in [-0.15, -0.1) is 5.10 Å². The zero-order valence-corrected chi connectivity index (χ0v) is 10.4. The third-order valence-electron chi connectivity index (χ3n) is 2.19. The van der Waals surface area contributed by atoms with E-state index in [-0.39, 0.29) is 17.4 Å². The Balaban J connectivity index is 2.24. The van der Waals surface area contributed by atoms with Gasteiger partial charge in [0.05, 0.1) is 11.8 Å². The predicted molar refractivity (Wildman–Crippen MR) is 65.3 cm³/mol. The van der Waals surface area contributed by atoms with E-state index in [1.807, 2.05) is 6.92 Å². The zero-order chi connectivity index (χ0) is 13.8. The second-order valence-corrected chi connectivity index (χ2v) is 3.66. The minimum atomic E-state index is -0.603. The van der Waals surface area contributed by atoms with Crippen LogP contribution in [0.5, 0.6) is 0 Å². The number of carbonyl (C=O) groups is 1. The van der Waals surface area contributed by atoms with Crippen LogP contribution in [0.15, 0.2) is 16.7 Å². The van der Waals surface area contributed by atoms with Gasteiger partial charge in [-0.3, -0.25) is 10.1 Å². The summed E-state index contributed by atoms with van der Waals surface area (Å²) in [5.74, 6) is -0.572. The van der Waals surface area contributed by atoms with Gasteiger partial charge in [-0.05, 0) is 13.0 Å². The second kappa shape index (κ2) is 5.42. The molecule has 2 rings (SSSR count). The minimum Gasteiger partial charge on any atom is -0.408 e. The van der Waals surface area contributed by atoms with Gasteiger partial charge >= 0.3 is 6.01 Å². The standard InChI is InChI=1S/C11H12FN5O2/c1-3-13-9-8(4-7(12)5-14-9)10(18)15-11-17-16-6(2)19-11/h4-5H,3H2,1-2H3,(H,13,14)(H,15,17,18). The fraction of sp³-hybridized carbons (Fsp3) is 0.273. The summed E-state index contributed by atoms with van der Waals surface area (Å²) in [6, 6.07) is 1.04. The molecule has 0 radical (unpaired) electrons. The van der Waals surface area contributed by atoms with E-state index < -0.39 is 11.7 Å². The van der Waals surface area contributed by atoms with Gasteiger partial charge in [-0.2, -0.15) is 0 Å². The van der Waals surface area contributed by atoms with E-state index in [1.54, 1.807) is 6.92 Å². The van der Waals surface area contributed by atoms with Gasteiger partial charge < -0.3 is 9.73 Å². The molecule has 0 aromatic carbocycles. The van der Waals surface area contributed by atoms with Crippen LogP contribution in [0.3, 0.4) is 0 Å². The van der Waals surface area contributed by atoms with Crippen molar-refractivity contribution in [2.75, 3.05) is 17.2 Å². The molecule has 0 unspecified atom stereocenters. The number of hydrogen-bond donors (Lipinski definition) is 2. The summed E-state index contributed by atoms with van der Waals surface area (Å²) >= 11 is 0. The summed E-state index contributed by atoms with van der Waals surface area (Å²) in [6.45, 7) is 3.99. The second-order valence-electron chi connectivity index (χ2n) is 3.66. The lowest BCUT2D eigenvalue weighted by atomic mass is 10.2. The van der Waals surface area contributed by atoms with E-state index in [0.717, 1.165) is 12.3 Å². The first-order chi connectivity index (χ1) is 9.10. The lowest BCUT2D eigenvalue weighted by Gasteiger charge is -2.08. The lowest BCUT2D eigenvalue weighted by molar-refractivity contribution is 0.102. The number of anilines is 2. The van der Waals surface area contributed by atoms with Crippen molar-refractivity contribution < 1.29 is 13.6 Å². The molecule has 0 aliphatic rings. The molecule has 2 N–H and O–H groups in total. The number of hydrogen-bond acceptors (Lipinski definition) is 6. The molecule has 7 nitrogen and oxygen atoms in total. The summed E-state index contributed by atoms with van der Waals surface area (Å²) in [5.41, 5.74) is 0.0673. The Hall–Kier alpha value is -2.51. The first-order valence-corrected chi connectivity index (χ1v) is 5.61. The van der Waals surface area contributed by atoms with E-state index in [9.17, 15) is 9.18 Å². The molecule has 0 aliphatic heterocycles. The van der Waals surface area contributed by atoms with Crippen LogP contribution >= 0.6 is 0 Å². The molecule has 0 aliphatic carbocycles. The van der Waals surface area contributed by atoms with Gasteiger partial charge in [0.15, 0.2) is 0 Å². The number of pyridine rings is 1. The topological polar surface area (TPSA) is 92.9 Å². The van der Waals surface area contributed by atoms with Crippen LogP contribution in [0.1, 0.15) is 23.2 Å². The Morgan fingerprint density at radius 1 is 1.47 bits per heavy atom. The van der Waals surface area contributed by atoms with E-state index in [0.29, 0.717) is 12.4 Å². The summed E-state index contributed by atoms with van der Waals surface area (Å²) in [5, 5.41) is 12.4. The van der Waals surface area contributed by atoms with Crippen LogP contribution in [0.4, 0.5) is 16.2 Å². The number of rotatable bonds is 4. The molecule has 0 saturated heterocycles. The van der Waals surface area contributed by atoms with Gasteiger partial charge in [0.2, 0.25) is 5.89 Å². The van der Waals surface area contributed by atoms with Crippen molar-refractivity contribution in [2.24, 2.45) is 0 Å². The average molecular weight is 265 g/mol. The molecule has 8 heteroatoms.